The molecule has 0 saturated carbocycles. The van der Waals surface area contributed by atoms with Gasteiger partial charge < -0.3 is 9.57 Å². The van der Waals surface area contributed by atoms with E-state index in [2.05, 4.69) is 24.2 Å². The predicted molar refractivity (Wildman–Crippen MR) is 63.0 cm³/mol. The lowest BCUT2D eigenvalue weighted by Crippen LogP contribution is -2.25. The monoisotopic (exact) mass is 219 g/mol. The number of benzene rings is 1. The van der Waals surface area contributed by atoms with Crippen LogP contribution in [-0.4, -0.2) is 11.7 Å². The summed E-state index contributed by atoms with van der Waals surface area (Å²) in [5.41, 5.74) is 1.28. The standard InChI is InChI=1S/C13H17NO2/c1-10(9-11-7-5-4-6-8-11)12-14-16-13(2,3)15-12/h4-8,10H,9H2,1-3H3. The van der Waals surface area contributed by atoms with Crippen LogP contribution in [0.1, 0.15) is 26.3 Å². The van der Waals surface area contributed by atoms with Crippen LogP contribution in [0.5, 0.6) is 0 Å². The molecule has 2 rings (SSSR count). The quantitative estimate of drug-likeness (QED) is 0.782. The fraction of sp³-hybridized carbons (Fsp3) is 0.462. The van der Waals surface area contributed by atoms with Gasteiger partial charge >= 0.3 is 0 Å². The fourth-order valence-electron chi connectivity index (χ4n) is 1.69. The lowest BCUT2D eigenvalue weighted by molar-refractivity contribution is -0.130. The van der Waals surface area contributed by atoms with Gasteiger partial charge in [0.25, 0.3) is 5.79 Å². The lowest BCUT2D eigenvalue weighted by atomic mass is 10.0. The van der Waals surface area contributed by atoms with E-state index in [1.54, 1.807) is 0 Å². The number of oxime groups is 1. The summed E-state index contributed by atoms with van der Waals surface area (Å²) in [5, 5.41) is 3.98. The zero-order chi connectivity index (χ0) is 11.6. The molecule has 0 amide bonds. The average molecular weight is 219 g/mol. The molecule has 3 nitrogen and oxygen atoms in total. The Labute approximate surface area is 96.1 Å². The van der Waals surface area contributed by atoms with Crippen LogP contribution < -0.4 is 0 Å². The van der Waals surface area contributed by atoms with Gasteiger partial charge in [0.2, 0.25) is 5.90 Å². The van der Waals surface area contributed by atoms with Crippen molar-refractivity contribution < 1.29 is 9.57 Å². The van der Waals surface area contributed by atoms with Crippen LogP contribution in [-0.2, 0) is 16.0 Å². The van der Waals surface area contributed by atoms with Gasteiger partial charge in [-0.05, 0) is 17.1 Å². The van der Waals surface area contributed by atoms with Gasteiger partial charge in [0, 0.05) is 19.8 Å². The molecule has 1 heterocycles. The number of ether oxygens (including phenoxy) is 1. The molecule has 0 spiro atoms. The van der Waals surface area contributed by atoms with Crippen LogP contribution in [0.25, 0.3) is 0 Å². The van der Waals surface area contributed by atoms with Gasteiger partial charge in [-0.25, -0.2) is 0 Å². The van der Waals surface area contributed by atoms with E-state index in [-0.39, 0.29) is 5.92 Å². The molecule has 16 heavy (non-hydrogen) atoms. The van der Waals surface area contributed by atoms with Crippen molar-refractivity contribution in [3.8, 4) is 0 Å². The van der Waals surface area contributed by atoms with Crippen LogP contribution in [0, 0.1) is 5.92 Å². The SMILES string of the molecule is CC(Cc1ccccc1)C1=NOC(C)(C)O1. The van der Waals surface area contributed by atoms with Crippen molar-refractivity contribution in [1.29, 1.82) is 0 Å². The average Bonchev–Trinajstić information content (AvgIpc) is 2.60. The van der Waals surface area contributed by atoms with Gasteiger partial charge in [0.05, 0.1) is 0 Å². The maximum atomic E-state index is 5.61. The second-order valence-corrected chi connectivity index (χ2v) is 4.61. The van der Waals surface area contributed by atoms with Crippen molar-refractivity contribution in [2.75, 3.05) is 0 Å². The first kappa shape index (κ1) is 11.0. The van der Waals surface area contributed by atoms with Crippen molar-refractivity contribution in [3.63, 3.8) is 0 Å². The Bertz CT molecular complexity index is 384. The summed E-state index contributed by atoms with van der Waals surface area (Å²) >= 11 is 0. The fourth-order valence-corrected chi connectivity index (χ4v) is 1.69. The molecule has 86 valence electrons. The van der Waals surface area contributed by atoms with E-state index in [1.807, 2.05) is 32.0 Å². The summed E-state index contributed by atoms with van der Waals surface area (Å²) < 4.78 is 5.61. The van der Waals surface area contributed by atoms with Crippen LogP contribution in [0.3, 0.4) is 0 Å². The number of hydrogen-bond acceptors (Lipinski definition) is 3. The highest BCUT2D eigenvalue weighted by molar-refractivity contribution is 5.79. The highest BCUT2D eigenvalue weighted by Gasteiger charge is 2.32. The second-order valence-electron chi connectivity index (χ2n) is 4.61. The second kappa shape index (κ2) is 4.16. The topological polar surface area (TPSA) is 30.8 Å². The molecule has 3 heteroatoms. The van der Waals surface area contributed by atoms with Crippen LogP contribution in [0.15, 0.2) is 35.5 Å². The van der Waals surface area contributed by atoms with Gasteiger partial charge in [-0.3, -0.25) is 0 Å². The van der Waals surface area contributed by atoms with Gasteiger partial charge in [-0.1, -0.05) is 37.3 Å². The summed E-state index contributed by atoms with van der Waals surface area (Å²) in [7, 11) is 0. The molecule has 1 atom stereocenters. The summed E-state index contributed by atoms with van der Waals surface area (Å²) in [4.78, 5) is 5.18. The molecule has 1 aromatic rings. The first-order chi connectivity index (χ1) is 7.57. The Morgan fingerprint density at radius 1 is 1.25 bits per heavy atom. The first-order valence-corrected chi connectivity index (χ1v) is 5.56. The minimum atomic E-state index is -0.611. The molecule has 0 aliphatic carbocycles. The van der Waals surface area contributed by atoms with Crippen molar-refractivity contribution >= 4 is 5.90 Å². The highest BCUT2D eigenvalue weighted by atomic mass is 16.8. The minimum absolute atomic E-state index is 0.240. The van der Waals surface area contributed by atoms with E-state index in [9.17, 15) is 0 Å². The summed E-state index contributed by atoms with van der Waals surface area (Å²) in [6.45, 7) is 5.81. The van der Waals surface area contributed by atoms with Crippen LogP contribution >= 0.6 is 0 Å². The summed E-state index contributed by atoms with van der Waals surface area (Å²) in [5.74, 6) is 0.318. The Kier molecular flexibility index (Phi) is 2.86. The zero-order valence-corrected chi connectivity index (χ0v) is 9.93. The maximum Gasteiger partial charge on any atom is 0.271 e. The molecular formula is C13H17NO2. The molecule has 1 aliphatic heterocycles. The Morgan fingerprint density at radius 2 is 1.94 bits per heavy atom. The largest absolute Gasteiger partial charge is 0.434 e. The molecule has 1 aliphatic rings. The van der Waals surface area contributed by atoms with E-state index in [0.29, 0.717) is 5.90 Å². The number of nitrogens with zero attached hydrogens (tertiary/aromatic N) is 1. The van der Waals surface area contributed by atoms with E-state index in [4.69, 9.17) is 9.57 Å². The van der Waals surface area contributed by atoms with E-state index in [1.165, 1.54) is 5.56 Å². The van der Waals surface area contributed by atoms with Gasteiger partial charge in [0.1, 0.15) is 0 Å². The van der Waals surface area contributed by atoms with Crippen LogP contribution in [0.2, 0.25) is 0 Å². The number of rotatable bonds is 3. The Hall–Kier alpha value is -1.51. The molecule has 0 bridgehead atoms. The summed E-state index contributed by atoms with van der Waals surface area (Å²) in [6, 6.07) is 10.3. The van der Waals surface area contributed by atoms with Gasteiger partial charge in [0.15, 0.2) is 0 Å². The normalized spacial score (nSPS) is 19.6. The first-order valence-electron chi connectivity index (χ1n) is 5.56. The van der Waals surface area contributed by atoms with Crippen molar-refractivity contribution in [1.82, 2.24) is 0 Å². The third-order valence-electron chi connectivity index (χ3n) is 2.51. The molecule has 0 saturated heterocycles. The van der Waals surface area contributed by atoms with Crippen molar-refractivity contribution in [2.45, 2.75) is 33.0 Å². The molecule has 1 unspecified atom stereocenters. The molecule has 1 aromatic carbocycles. The number of hydrogen-bond donors (Lipinski definition) is 0. The molecular weight excluding hydrogens is 202 g/mol. The molecule has 0 radical (unpaired) electrons. The third kappa shape index (κ3) is 2.54. The summed E-state index contributed by atoms with van der Waals surface area (Å²) in [6.07, 6.45) is 0.916. The Balaban J connectivity index is 1.97. The zero-order valence-electron chi connectivity index (χ0n) is 9.93. The van der Waals surface area contributed by atoms with Crippen LogP contribution in [0.4, 0.5) is 0 Å². The maximum absolute atomic E-state index is 5.61. The molecule has 0 fully saturated rings. The lowest BCUT2D eigenvalue weighted by Gasteiger charge is -2.17. The van der Waals surface area contributed by atoms with Gasteiger partial charge in [-0.15, -0.1) is 0 Å². The minimum Gasteiger partial charge on any atom is -0.434 e. The molecule has 0 N–H and O–H groups in total. The van der Waals surface area contributed by atoms with E-state index in [0.717, 1.165) is 6.42 Å². The van der Waals surface area contributed by atoms with E-state index >= 15 is 0 Å². The van der Waals surface area contributed by atoms with Gasteiger partial charge in [-0.2, -0.15) is 0 Å². The molecule has 0 aromatic heterocycles. The Morgan fingerprint density at radius 3 is 2.50 bits per heavy atom. The third-order valence-corrected chi connectivity index (χ3v) is 2.51. The smallest absolute Gasteiger partial charge is 0.271 e. The highest BCUT2D eigenvalue weighted by Crippen LogP contribution is 2.23. The predicted octanol–water partition coefficient (Wildman–Crippen LogP) is 2.96. The van der Waals surface area contributed by atoms with Crippen molar-refractivity contribution in [2.24, 2.45) is 11.1 Å². The van der Waals surface area contributed by atoms with E-state index < -0.39 is 5.79 Å². The van der Waals surface area contributed by atoms with Crippen molar-refractivity contribution in [3.05, 3.63) is 35.9 Å².